The number of aromatic nitrogens is 12. The van der Waals surface area contributed by atoms with Crippen LogP contribution in [-0.4, -0.2) is 168 Å². The van der Waals surface area contributed by atoms with Gasteiger partial charge in [-0.15, -0.1) is 39.5 Å². The summed E-state index contributed by atoms with van der Waals surface area (Å²) in [7, 11) is 2.32. The van der Waals surface area contributed by atoms with E-state index in [0.29, 0.717) is 136 Å². The summed E-state index contributed by atoms with van der Waals surface area (Å²) in [5.74, 6) is -3.11. The SMILES string of the molecule is Brc1cnc2[nH]cc(I)c2c1.Brc1cnc2c(c1)c(I)cn2C1CCOCC1.CCc1onc(C)c1-c1cnc2c(c1)c(-c1ccc(C(=O)O)cc1OC(F)(F)F)cn2C1CCOCC1.CCc1onc(C)c1-c1cnc2c(c1)c(-c1ccc(C(=O)OC)cc1OC(F)(F)F)cn2C1CCOCC1.COC(=O)c1ccc(-c2cn(C3CCOCC3)c3ncc(Br)cc23)c(OC(F)(F)F)c1. The van der Waals surface area contributed by atoms with E-state index in [1.165, 1.54) is 54.3 Å². The number of methoxy groups -OCH3 is 2. The van der Waals surface area contributed by atoms with E-state index in [-0.39, 0.29) is 51.5 Å². The quantitative estimate of drug-likeness (QED) is 0.0486. The van der Waals surface area contributed by atoms with Gasteiger partial charge in [0.1, 0.15) is 57.0 Å². The molecule has 0 amide bonds. The molecule has 12 aromatic heterocycles. The summed E-state index contributed by atoms with van der Waals surface area (Å²) in [4.78, 5) is 61.2. The number of aromatic amines is 1. The van der Waals surface area contributed by atoms with Crippen LogP contribution >= 0.6 is 93.0 Å². The lowest BCUT2D eigenvalue weighted by molar-refractivity contribution is -0.275. The predicted octanol–water partition coefficient (Wildman–Crippen LogP) is 24.6. The molecule has 0 unspecified atom stereocenters. The van der Waals surface area contributed by atoms with Crippen LogP contribution < -0.4 is 14.2 Å². The number of carbonyl (C=O) groups excluding carboxylic acids is 2. The number of benzene rings is 3. The fourth-order valence-corrected chi connectivity index (χ4v) is 19.1. The van der Waals surface area contributed by atoms with Crippen molar-refractivity contribution >= 4 is 166 Å². The molecule has 41 heteroatoms. The average molecular weight is 2270 g/mol. The maximum atomic E-state index is 13.5. The van der Waals surface area contributed by atoms with E-state index in [1.54, 1.807) is 49.4 Å². The Bertz CT molecular complexity index is 6810. The highest BCUT2D eigenvalue weighted by Crippen LogP contribution is 2.48. The number of aromatic carboxylic acids is 1. The van der Waals surface area contributed by atoms with Gasteiger partial charge in [-0.05, 0) is 243 Å². The third-order valence-corrected chi connectivity index (χ3v) is 26.1. The van der Waals surface area contributed by atoms with Crippen LogP contribution in [0.1, 0.15) is 143 Å². The van der Waals surface area contributed by atoms with Gasteiger partial charge >= 0.3 is 37.0 Å². The maximum absolute atomic E-state index is 13.5. The number of hydrogen-bond donors (Lipinski definition) is 2. The molecule has 134 heavy (non-hydrogen) atoms. The molecule has 704 valence electrons. The number of rotatable bonds is 17. The molecule has 16 heterocycles. The standard InChI is InChI=1S/C27H26F3N3O5.C26H24F3N3O5.C21H18BrF3N2O4.C12H12BrIN2O.C7H4BrIN2/c1-4-22-24(15(2)32-38-22)17-11-20-21(14-33(25(20)31-13-17)18-7-9-36-10-8-18)19-6-5-16(26(34)35-3)12-23(19)37-27(28,29)30;1-3-21-23(14(2)31-37-21)16-10-19-20(13-32(24(19)30-12-16)17-6-8-35-9-7-17)18-5-4-15(25(33)34)11-22(18)36-26(27,28)29;1-29-20(28)12-2-3-15(18(8-12)31-21(23,24)25)17-11-27(14-4-6-30-7-5-14)19-16(17)9-13(22)10-26-19;13-8-5-10-11(14)7-16(12(10)15-6-8)9-1-3-17-4-2-9;8-4-1-5-6(9)3-11-7(5)10-2-4/h5-6,11-14,18H,4,7-10H2,1-3H3;4-5,10-13,17H,3,6-9H2,1-2H3,(H,33,34);2-3,8-11,14H,4-7H2,1H3;5-7,9H,1-4H2;1-3H,(H,10,11). The van der Waals surface area contributed by atoms with Crippen molar-refractivity contribution in [1.29, 1.82) is 0 Å². The second-order valence-corrected chi connectivity index (χ2v) is 36.5. The maximum Gasteiger partial charge on any atom is 0.573 e. The molecule has 4 aliphatic rings. The van der Waals surface area contributed by atoms with Gasteiger partial charge in [-0.25, -0.2) is 39.3 Å². The normalized spacial score (nSPS) is 14.9. The summed E-state index contributed by atoms with van der Waals surface area (Å²) in [5, 5.41) is 21.8. The fraction of sp³-hybridized carbons (Fsp3) is 0.333. The average Bonchev–Trinajstić information content (AvgIpc) is 1.60. The lowest BCUT2D eigenvalue weighted by Crippen LogP contribution is -2.19. The van der Waals surface area contributed by atoms with Gasteiger partial charge in [0.2, 0.25) is 0 Å². The molecule has 0 radical (unpaired) electrons. The number of H-pyrrole nitrogens is 1. The molecule has 4 saturated heterocycles. The number of halogens is 14. The van der Waals surface area contributed by atoms with Gasteiger partial charge in [-0.2, -0.15) is 0 Å². The first-order valence-electron chi connectivity index (χ1n) is 42.2. The van der Waals surface area contributed by atoms with Crippen molar-refractivity contribution in [3.05, 3.63) is 207 Å². The minimum Gasteiger partial charge on any atom is -0.478 e. The zero-order valence-corrected chi connectivity index (χ0v) is 81.3. The predicted molar refractivity (Wildman–Crippen MR) is 505 cm³/mol. The Balaban J connectivity index is 0.000000134. The molecule has 0 bridgehead atoms. The second-order valence-electron chi connectivity index (χ2n) is 31.4. The summed E-state index contributed by atoms with van der Waals surface area (Å²) in [6.07, 6.45) is 11.2. The van der Waals surface area contributed by atoms with E-state index in [2.05, 4.69) is 165 Å². The van der Waals surface area contributed by atoms with Gasteiger partial charge < -0.3 is 80.0 Å². The van der Waals surface area contributed by atoms with E-state index in [0.717, 1.165) is 139 Å². The van der Waals surface area contributed by atoms with Crippen LogP contribution in [0.3, 0.4) is 0 Å². The molecule has 4 fully saturated rings. The molecule has 19 rings (SSSR count). The Morgan fingerprint density at radius 2 is 0.754 bits per heavy atom. The number of aryl methyl sites for hydroxylation is 4. The minimum absolute atomic E-state index is 0.0390. The van der Waals surface area contributed by atoms with Crippen molar-refractivity contribution in [2.75, 3.05) is 67.1 Å². The van der Waals surface area contributed by atoms with Gasteiger partial charge in [-0.3, -0.25) is 0 Å². The molecule has 0 saturated carbocycles. The highest BCUT2D eigenvalue weighted by Gasteiger charge is 2.38. The Morgan fingerprint density at radius 3 is 1.11 bits per heavy atom. The monoisotopic (exact) mass is 2270 g/mol. The Hall–Kier alpha value is -10.6. The number of carbonyl (C=O) groups is 3. The number of carboxylic acids is 1. The van der Waals surface area contributed by atoms with E-state index in [1.807, 2.05) is 65.9 Å². The Labute approximate surface area is 811 Å². The minimum atomic E-state index is -5.01. The zero-order chi connectivity index (χ0) is 95.2. The Morgan fingerprint density at radius 1 is 0.433 bits per heavy atom. The molecular formula is C93H84Br3F9I2N12O15. The third-order valence-electron chi connectivity index (χ3n) is 23.0. The van der Waals surface area contributed by atoms with Crippen molar-refractivity contribution in [2.24, 2.45) is 0 Å². The number of carboxylic acid groups (broad SMARTS) is 1. The molecule has 2 N–H and O–H groups in total. The number of fused-ring (bicyclic) bond motifs is 5. The van der Waals surface area contributed by atoms with Gasteiger partial charge in [0.05, 0.1) is 42.3 Å². The molecule has 27 nitrogen and oxygen atoms in total. The van der Waals surface area contributed by atoms with Gasteiger partial charge in [0, 0.05) is 255 Å². The van der Waals surface area contributed by atoms with Crippen LogP contribution in [0.25, 0.3) is 111 Å². The van der Waals surface area contributed by atoms with E-state index < -0.39 is 54.2 Å². The topological polar surface area (TPSA) is 307 Å². The molecule has 0 atom stereocenters. The Kier molecular flexibility index (Phi) is 31.0. The van der Waals surface area contributed by atoms with Crippen LogP contribution in [0.2, 0.25) is 0 Å². The number of nitrogens with zero attached hydrogens (tertiary/aromatic N) is 11. The van der Waals surface area contributed by atoms with Crippen molar-refractivity contribution < 1.29 is 111 Å². The third kappa shape index (κ3) is 22.6. The van der Waals surface area contributed by atoms with E-state index >= 15 is 0 Å². The van der Waals surface area contributed by atoms with Crippen molar-refractivity contribution in [1.82, 2.24) is 58.5 Å². The van der Waals surface area contributed by atoms with Crippen LogP contribution in [0.15, 0.2) is 169 Å². The van der Waals surface area contributed by atoms with Crippen molar-refractivity contribution in [2.45, 2.75) is 135 Å². The summed E-state index contributed by atoms with van der Waals surface area (Å²) in [6, 6.07) is 21.7. The molecule has 0 spiro atoms. The highest BCUT2D eigenvalue weighted by atomic mass is 127. The summed E-state index contributed by atoms with van der Waals surface area (Å²) >= 11 is 14.9. The second kappa shape index (κ2) is 42.4. The fourth-order valence-electron chi connectivity index (χ4n) is 16.8. The smallest absolute Gasteiger partial charge is 0.478 e. The van der Waals surface area contributed by atoms with Crippen LogP contribution in [-0.2, 0) is 41.3 Å². The van der Waals surface area contributed by atoms with Gasteiger partial charge in [0.15, 0.2) is 0 Å². The lowest BCUT2D eigenvalue weighted by atomic mass is 9.99. The number of ether oxygens (including phenoxy) is 9. The van der Waals surface area contributed by atoms with Crippen LogP contribution in [0.5, 0.6) is 17.2 Å². The summed E-state index contributed by atoms with van der Waals surface area (Å²) in [5.41, 5.74) is 9.82. The number of nitrogens with one attached hydrogen (secondary N) is 1. The summed E-state index contributed by atoms with van der Waals surface area (Å²) in [6.45, 7) is 12.7. The largest absolute Gasteiger partial charge is 0.573 e. The van der Waals surface area contributed by atoms with Gasteiger partial charge in [0.25, 0.3) is 0 Å². The number of esters is 2. The van der Waals surface area contributed by atoms with E-state index in [9.17, 15) is 59.0 Å². The number of alkyl halides is 9. The van der Waals surface area contributed by atoms with E-state index in [4.69, 9.17) is 42.7 Å². The molecule has 0 aliphatic carbocycles. The zero-order valence-electron chi connectivity index (χ0n) is 72.3. The molecule has 15 aromatic rings. The van der Waals surface area contributed by atoms with Crippen LogP contribution in [0, 0.1) is 21.0 Å². The molecule has 4 aliphatic heterocycles. The first-order valence-corrected chi connectivity index (χ1v) is 46.8. The number of hydrogen-bond acceptors (Lipinski definition) is 21. The molecular weight excluding hydrogens is 2190 g/mol. The van der Waals surface area contributed by atoms with Crippen molar-refractivity contribution in [3.8, 4) is 72.9 Å². The van der Waals surface area contributed by atoms with Crippen molar-refractivity contribution in [3.63, 3.8) is 0 Å². The van der Waals surface area contributed by atoms with Crippen LogP contribution in [0.4, 0.5) is 39.5 Å². The highest BCUT2D eigenvalue weighted by molar-refractivity contribution is 14.1. The number of pyridine rings is 5. The lowest BCUT2D eigenvalue weighted by Gasteiger charge is -2.24. The first-order chi connectivity index (χ1) is 64.1. The summed E-state index contributed by atoms with van der Waals surface area (Å²) < 4.78 is 188. The first kappa shape index (κ1) is 98.0. The molecule has 3 aromatic carbocycles. The van der Waals surface area contributed by atoms with Gasteiger partial charge in [-0.1, -0.05) is 24.2 Å².